The average molecular weight is 515 g/mol. The molecule has 0 amide bonds. The molecule has 0 fully saturated rings. The Hall–Kier alpha value is -4.90. The van der Waals surface area contributed by atoms with Gasteiger partial charge in [0.05, 0.1) is 0 Å². The van der Waals surface area contributed by atoms with Crippen LogP contribution in [0.5, 0.6) is 0 Å². The zero-order valence-corrected chi connectivity index (χ0v) is 21.4. The fraction of sp³-hybridized carbons (Fsp3) is 0.0882. The summed E-state index contributed by atoms with van der Waals surface area (Å²) in [5.41, 5.74) is 10.1. The highest BCUT2D eigenvalue weighted by molar-refractivity contribution is 5.94. The van der Waals surface area contributed by atoms with Crippen molar-refractivity contribution in [3.63, 3.8) is 0 Å². The zero-order chi connectivity index (χ0) is 26.9. The number of anilines is 4. The number of halogens is 1. The molecule has 2 aliphatic rings. The summed E-state index contributed by atoms with van der Waals surface area (Å²) in [6.07, 6.45) is 1.04. The van der Waals surface area contributed by atoms with E-state index in [1.54, 1.807) is 12.1 Å². The molecule has 2 aliphatic heterocycles. The van der Waals surface area contributed by atoms with Gasteiger partial charge < -0.3 is 15.3 Å². The van der Waals surface area contributed by atoms with Gasteiger partial charge in [0.25, 0.3) is 0 Å². The van der Waals surface area contributed by atoms with Crippen molar-refractivity contribution in [1.29, 1.82) is 0 Å². The number of carboxylic acids is 1. The quantitative estimate of drug-likeness (QED) is 0.245. The topological polar surface area (TPSA) is 52.6 Å². The molecule has 2 heterocycles. The summed E-state index contributed by atoms with van der Waals surface area (Å²) in [5.74, 6) is -1.97. The van der Waals surface area contributed by atoms with E-state index in [9.17, 15) is 14.3 Å². The normalized spacial score (nSPS) is 14.4. The summed E-state index contributed by atoms with van der Waals surface area (Å²) in [6, 6.07) is 36.4. The maximum atomic E-state index is 13.3. The predicted molar refractivity (Wildman–Crippen MR) is 155 cm³/mol. The number of hydrogen-bond acceptors (Lipinski definition) is 3. The van der Waals surface area contributed by atoms with Gasteiger partial charge in [-0.1, -0.05) is 78.9 Å². The first kappa shape index (κ1) is 24.4. The van der Waals surface area contributed by atoms with Crippen molar-refractivity contribution in [3.05, 3.63) is 143 Å². The van der Waals surface area contributed by atoms with Crippen LogP contribution >= 0.6 is 0 Å². The molecule has 5 aromatic carbocycles. The number of carbonyl (C=O) groups is 1. The number of hydrogen-bond donors (Lipinski definition) is 2. The van der Waals surface area contributed by atoms with Crippen LogP contribution in [0.2, 0.25) is 0 Å². The summed E-state index contributed by atoms with van der Waals surface area (Å²) in [6.45, 7) is 0. The molecule has 0 aromatic heterocycles. The van der Waals surface area contributed by atoms with Gasteiger partial charge in [0.15, 0.2) is 0 Å². The minimum absolute atomic E-state index is 0.314. The molecular formula is C34H27FN2O2. The first-order valence-electron chi connectivity index (χ1n) is 12.9. The lowest BCUT2D eigenvalue weighted by Gasteiger charge is -2.35. The molecule has 5 heteroatoms. The molecule has 1 unspecified atom stereocenters. The highest BCUT2D eigenvalue weighted by Crippen LogP contribution is 2.48. The molecule has 0 radical (unpaired) electrons. The average Bonchev–Trinajstić information content (AvgIpc) is 2.97. The van der Waals surface area contributed by atoms with Gasteiger partial charge >= 0.3 is 5.97 Å². The summed E-state index contributed by atoms with van der Waals surface area (Å²) >= 11 is 0. The lowest BCUT2D eigenvalue weighted by Crippen LogP contribution is -2.26. The first-order chi connectivity index (χ1) is 19.0. The lowest BCUT2D eigenvalue weighted by molar-refractivity contribution is -0.137. The Morgan fingerprint density at radius 3 is 2.03 bits per heavy atom. The zero-order valence-electron chi connectivity index (χ0n) is 21.4. The van der Waals surface area contributed by atoms with Crippen LogP contribution < -0.4 is 10.2 Å². The SMILES string of the molecule is CN1c2ccccc2C(C(=O)O)c2c(-c3ccc(F)cc3)cccc21.c1ccc2c(c1)Cc1ccccc1N2. The Morgan fingerprint density at radius 1 is 0.769 bits per heavy atom. The predicted octanol–water partition coefficient (Wildman–Crippen LogP) is 8.12. The third-order valence-corrected chi connectivity index (χ3v) is 7.43. The molecule has 2 N–H and O–H groups in total. The largest absolute Gasteiger partial charge is 0.481 e. The van der Waals surface area contributed by atoms with Crippen molar-refractivity contribution >= 4 is 28.7 Å². The van der Waals surface area contributed by atoms with Crippen LogP contribution in [0.15, 0.2) is 115 Å². The van der Waals surface area contributed by atoms with Crippen LogP contribution in [0.4, 0.5) is 27.1 Å². The van der Waals surface area contributed by atoms with Gasteiger partial charge in [-0.05, 0) is 64.2 Å². The second-order valence-electron chi connectivity index (χ2n) is 9.75. The third kappa shape index (κ3) is 4.53. The minimum Gasteiger partial charge on any atom is -0.481 e. The Balaban J connectivity index is 0.000000166. The molecule has 7 rings (SSSR count). The number of nitrogens with one attached hydrogen (secondary N) is 1. The number of nitrogens with zero attached hydrogens (tertiary/aromatic N) is 1. The molecule has 1 atom stereocenters. The minimum atomic E-state index is -0.892. The Kier molecular flexibility index (Phi) is 6.33. The van der Waals surface area contributed by atoms with Crippen LogP contribution in [0, 0.1) is 5.82 Å². The highest BCUT2D eigenvalue weighted by atomic mass is 19.1. The van der Waals surface area contributed by atoms with Crippen molar-refractivity contribution < 1.29 is 14.3 Å². The monoisotopic (exact) mass is 514 g/mol. The summed E-state index contributed by atoms with van der Waals surface area (Å²) in [7, 11) is 1.93. The summed E-state index contributed by atoms with van der Waals surface area (Å²) < 4.78 is 13.3. The summed E-state index contributed by atoms with van der Waals surface area (Å²) in [5, 5.41) is 13.4. The van der Waals surface area contributed by atoms with E-state index >= 15 is 0 Å². The van der Waals surface area contributed by atoms with E-state index in [2.05, 4.69) is 53.8 Å². The number of para-hydroxylation sites is 3. The van der Waals surface area contributed by atoms with Crippen molar-refractivity contribution in [1.82, 2.24) is 0 Å². The van der Waals surface area contributed by atoms with Crippen molar-refractivity contribution in [2.75, 3.05) is 17.3 Å². The molecule has 0 saturated carbocycles. The molecule has 39 heavy (non-hydrogen) atoms. The molecule has 192 valence electrons. The van der Waals surface area contributed by atoms with Crippen LogP contribution in [0.25, 0.3) is 11.1 Å². The Labute approximate surface area is 227 Å². The molecule has 0 bridgehead atoms. The fourth-order valence-corrected chi connectivity index (χ4v) is 5.55. The van der Waals surface area contributed by atoms with Crippen molar-refractivity contribution in [3.8, 4) is 11.1 Å². The van der Waals surface area contributed by atoms with E-state index in [0.717, 1.165) is 40.0 Å². The highest BCUT2D eigenvalue weighted by Gasteiger charge is 2.35. The van der Waals surface area contributed by atoms with Crippen LogP contribution in [-0.2, 0) is 11.2 Å². The van der Waals surface area contributed by atoms with Gasteiger partial charge in [-0.3, -0.25) is 4.79 Å². The standard InChI is InChI=1S/C21H16FNO2.C13H11N/c1-23-17-7-3-2-5-16(17)20(21(24)25)19-15(6-4-8-18(19)23)13-9-11-14(22)12-10-13;1-3-7-12-10(5-1)9-11-6-2-4-8-13(11)14-12/h2-12,20H,1H3,(H,24,25);1-8,14H,9H2. The number of fused-ring (bicyclic) bond motifs is 4. The third-order valence-electron chi connectivity index (χ3n) is 7.43. The van der Waals surface area contributed by atoms with Gasteiger partial charge in [0.2, 0.25) is 0 Å². The number of rotatable bonds is 2. The van der Waals surface area contributed by atoms with Gasteiger partial charge in [-0.25, -0.2) is 4.39 Å². The second-order valence-corrected chi connectivity index (χ2v) is 9.75. The number of aliphatic carboxylic acids is 1. The lowest BCUT2D eigenvalue weighted by atomic mass is 9.81. The van der Waals surface area contributed by atoms with E-state index in [1.807, 2.05) is 54.4 Å². The molecule has 0 aliphatic carbocycles. The molecule has 4 nitrogen and oxygen atoms in total. The van der Waals surface area contributed by atoms with E-state index in [1.165, 1.54) is 34.6 Å². The Bertz CT molecular complexity index is 1590. The fourth-order valence-electron chi connectivity index (χ4n) is 5.55. The number of benzene rings is 5. The maximum Gasteiger partial charge on any atom is 0.315 e. The van der Waals surface area contributed by atoms with Gasteiger partial charge in [-0.2, -0.15) is 0 Å². The van der Waals surface area contributed by atoms with E-state index in [-0.39, 0.29) is 5.82 Å². The first-order valence-corrected chi connectivity index (χ1v) is 12.9. The van der Waals surface area contributed by atoms with Crippen molar-refractivity contribution in [2.24, 2.45) is 0 Å². The second kappa shape index (κ2) is 10.1. The van der Waals surface area contributed by atoms with E-state index < -0.39 is 11.9 Å². The molecule has 5 aromatic rings. The molecule has 0 saturated heterocycles. The van der Waals surface area contributed by atoms with Crippen LogP contribution in [-0.4, -0.2) is 18.1 Å². The molecule has 0 spiro atoms. The van der Waals surface area contributed by atoms with E-state index in [4.69, 9.17) is 0 Å². The van der Waals surface area contributed by atoms with Crippen LogP contribution in [0.3, 0.4) is 0 Å². The van der Waals surface area contributed by atoms with Gasteiger partial charge in [0, 0.05) is 41.8 Å². The molecular weight excluding hydrogens is 487 g/mol. The summed E-state index contributed by atoms with van der Waals surface area (Å²) in [4.78, 5) is 14.2. The van der Waals surface area contributed by atoms with Crippen molar-refractivity contribution in [2.45, 2.75) is 12.3 Å². The number of carboxylic acid groups (broad SMARTS) is 1. The van der Waals surface area contributed by atoms with Gasteiger partial charge in [0.1, 0.15) is 11.7 Å². The smallest absolute Gasteiger partial charge is 0.315 e. The maximum absolute atomic E-state index is 13.3. The van der Waals surface area contributed by atoms with Crippen LogP contribution in [0.1, 0.15) is 28.2 Å². The van der Waals surface area contributed by atoms with E-state index in [0.29, 0.717) is 0 Å². The van der Waals surface area contributed by atoms with Gasteiger partial charge in [-0.15, -0.1) is 0 Å². The Morgan fingerprint density at radius 2 is 1.36 bits per heavy atom.